The molecule has 0 saturated carbocycles. The second-order valence-electron chi connectivity index (χ2n) is 6.03. The summed E-state index contributed by atoms with van der Waals surface area (Å²) in [6, 6.07) is 7.04. The number of rotatable bonds is 4. The highest BCUT2D eigenvalue weighted by molar-refractivity contribution is 5.93. The predicted octanol–water partition coefficient (Wildman–Crippen LogP) is 1.09. The summed E-state index contributed by atoms with van der Waals surface area (Å²) >= 11 is 0. The number of carbonyl (C=O) groups is 1. The summed E-state index contributed by atoms with van der Waals surface area (Å²) in [5.41, 5.74) is 1.60. The molecule has 0 unspecified atom stereocenters. The van der Waals surface area contributed by atoms with Crippen molar-refractivity contribution in [1.82, 2.24) is 25.5 Å². The molecule has 128 valence electrons. The molecule has 1 N–H and O–H groups in total. The number of nitrogens with one attached hydrogen (secondary N) is 1. The van der Waals surface area contributed by atoms with Crippen LogP contribution in [0.2, 0.25) is 0 Å². The Morgan fingerprint density at radius 2 is 2.08 bits per heavy atom. The van der Waals surface area contributed by atoms with Crippen LogP contribution in [0.1, 0.15) is 34.7 Å². The average molecular weight is 339 g/mol. The zero-order valence-corrected chi connectivity index (χ0v) is 13.6. The lowest BCUT2D eigenvalue weighted by molar-refractivity contribution is 0.0941. The normalized spacial score (nSPS) is 13.6. The number of amides is 1. The van der Waals surface area contributed by atoms with Gasteiger partial charge < -0.3 is 9.84 Å². The molecular formula is C17H17N5O3. The Balaban J connectivity index is 1.44. The van der Waals surface area contributed by atoms with Crippen LogP contribution in [0.5, 0.6) is 0 Å². The monoisotopic (exact) mass is 339 g/mol. The highest BCUT2D eigenvalue weighted by Gasteiger charge is 2.23. The van der Waals surface area contributed by atoms with E-state index in [2.05, 4.69) is 20.8 Å². The van der Waals surface area contributed by atoms with Crippen LogP contribution in [0.15, 0.2) is 33.6 Å². The molecular weight excluding hydrogens is 322 g/mol. The van der Waals surface area contributed by atoms with Crippen molar-refractivity contribution in [2.75, 3.05) is 6.54 Å². The maximum atomic E-state index is 12.3. The van der Waals surface area contributed by atoms with Crippen molar-refractivity contribution < 1.29 is 9.32 Å². The first kappa shape index (κ1) is 15.5. The van der Waals surface area contributed by atoms with Crippen LogP contribution in [0.3, 0.4) is 0 Å². The Bertz CT molecular complexity index is 991. The molecule has 8 nitrogen and oxygen atoms in total. The highest BCUT2D eigenvalue weighted by atomic mass is 16.5. The summed E-state index contributed by atoms with van der Waals surface area (Å²) in [4.78, 5) is 24.7. The zero-order valence-electron chi connectivity index (χ0n) is 13.6. The number of hydrogen-bond acceptors (Lipinski definition) is 6. The van der Waals surface area contributed by atoms with E-state index in [0.29, 0.717) is 16.6 Å². The minimum absolute atomic E-state index is 0.223. The Hall–Kier alpha value is -3.03. The molecule has 25 heavy (non-hydrogen) atoms. The molecule has 0 spiro atoms. The van der Waals surface area contributed by atoms with E-state index in [-0.39, 0.29) is 24.6 Å². The summed E-state index contributed by atoms with van der Waals surface area (Å²) in [6.07, 6.45) is 3.75. The van der Waals surface area contributed by atoms with Crippen LogP contribution in [0.25, 0.3) is 10.9 Å². The number of hydrogen-bond donors (Lipinski definition) is 1. The van der Waals surface area contributed by atoms with Crippen molar-refractivity contribution in [1.29, 1.82) is 0 Å². The van der Waals surface area contributed by atoms with Gasteiger partial charge in [0.05, 0.1) is 11.9 Å². The molecule has 0 saturated heterocycles. The number of nitrogens with zero attached hydrogens (tertiary/aromatic N) is 4. The second-order valence-corrected chi connectivity index (χ2v) is 6.03. The molecule has 0 radical (unpaired) electrons. The number of carbonyl (C=O) groups excluding carboxylic acids is 1. The first-order valence-corrected chi connectivity index (χ1v) is 8.32. The van der Waals surface area contributed by atoms with E-state index in [9.17, 15) is 9.59 Å². The third-order valence-corrected chi connectivity index (χ3v) is 4.40. The number of aromatic nitrogens is 4. The van der Waals surface area contributed by atoms with E-state index in [1.165, 1.54) is 4.68 Å². The summed E-state index contributed by atoms with van der Waals surface area (Å²) < 4.78 is 6.50. The van der Waals surface area contributed by atoms with Crippen molar-refractivity contribution in [3.63, 3.8) is 0 Å². The topological polar surface area (TPSA) is 103 Å². The van der Waals surface area contributed by atoms with E-state index in [1.54, 1.807) is 24.3 Å². The molecule has 1 aliphatic rings. The number of aryl methyl sites for hydroxylation is 1. The van der Waals surface area contributed by atoms with Gasteiger partial charge in [0.2, 0.25) is 0 Å². The van der Waals surface area contributed by atoms with E-state index < -0.39 is 0 Å². The fourth-order valence-electron chi connectivity index (χ4n) is 3.09. The lowest BCUT2D eigenvalue weighted by Gasteiger charge is -2.09. The number of benzene rings is 1. The summed E-state index contributed by atoms with van der Waals surface area (Å²) in [5, 5.41) is 15.1. The Kier molecular flexibility index (Phi) is 4.01. The standard InChI is InChI=1S/C17H17N5O3/c23-16(15-12-6-2-4-8-14(12)25-20-15)18-9-10-22-17(24)11-5-1-3-7-13(11)19-21-22/h1,3,5,7H,2,4,6,8-10H2,(H,18,23). The van der Waals surface area contributed by atoms with Crippen LogP contribution in [-0.4, -0.2) is 32.6 Å². The molecule has 1 amide bonds. The maximum Gasteiger partial charge on any atom is 0.277 e. The van der Waals surface area contributed by atoms with E-state index >= 15 is 0 Å². The van der Waals surface area contributed by atoms with Gasteiger partial charge in [-0.3, -0.25) is 9.59 Å². The van der Waals surface area contributed by atoms with Crippen molar-refractivity contribution in [2.24, 2.45) is 0 Å². The quantitative estimate of drug-likeness (QED) is 0.763. The van der Waals surface area contributed by atoms with Gasteiger partial charge in [0.15, 0.2) is 5.69 Å². The molecule has 2 aromatic heterocycles. The van der Waals surface area contributed by atoms with Gasteiger partial charge in [-0.15, -0.1) is 5.10 Å². The first-order chi connectivity index (χ1) is 12.2. The summed E-state index contributed by atoms with van der Waals surface area (Å²) in [7, 11) is 0. The fourth-order valence-corrected chi connectivity index (χ4v) is 3.09. The number of fused-ring (bicyclic) bond motifs is 2. The molecule has 0 fully saturated rings. The average Bonchev–Trinajstić information content (AvgIpc) is 3.08. The third kappa shape index (κ3) is 2.90. The molecule has 0 atom stereocenters. The first-order valence-electron chi connectivity index (χ1n) is 8.32. The van der Waals surface area contributed by atoms with Crippen LogP contribution >= 0.6 is 0 Å². The SMILES string of the molecule is O=C(NCCn1nnc2ccccc2c1=O)c1noc2c1CCCC2. The lowest BCUT2D eigenvalue weighted by atomic mass is 9.96. The molecule has 8 heteroatoms. The summed E-state index contributed by atoms with van der Waals surface area (Å²) in [5.74, 6) is 0.529. The van der Waals surface area contributed by atoms with Crippen LogP contribution in [-0.2, 0) is 19.4 Å². The van der Waals surface area contributed by atoms with Gasteiger partial charge in [0.1, 0.15) is 11.3 Å². The van der Waals surface area contributed by atoms with Crippen LogP contribution in [0, 0.1) is 0 Å². The molecule has 1 aromatic carbocycles. The minimum atomic E-state index is -0.284. The second kappa shape index (κ2) is 6.46. The Labute approximate surface area is 142 Å². The van der Waals surface area contributed by atoms with Gasteiger partial charge in [-0.1, -0.05) is 22.5 Å². The van der Waals surface area contributed by atoms with Gasteiger partial charge in [0, 0.05) is 18.5 Å². The van der Waals surface area contributed by atoms with Crippen LogP contribution < -0.4 is 10.9 Å². The van der Waals surface area contributed by atoms with Crippen molar-refractivity contribution in [3.8, 4) is 0 Å². The fraction of sp³-hybridized carbons (Fsp3) is 0.353. The van der Waals surface area contributed by atoms with Crippen molar-refractivity contribution >= 4 is 16.8 Å². The van der Waals surface area contributed by atoms with Crippen molar-refractivity contribution in [3.05, 3.63) is 51.6 Å². The third-order valence-electron chi connectivity index (χ3n) is 4.40. The van der Waals surface area contributed by atoms with E-state index in [0.717, 1.165) is 37.0 Å². The van der Waals surface area contributed by atoms with E-state index in [1.807, 2.05) is 0 Å². The highest BCUT2D eigenvalue weighted by Crippen LogP contribution is 2.23. The summed E-state index contributed by atoms with van der Waals surface area (Å²) in [6.45, 7) is 0.496. The van der Waals surface area contributed by atoms with Crippen molar-refractivity contribution in [2.45, 2.75) is 32.2 Å². The Morgan fingerprint density at radius 3 is 3.00 bits per heavy atom. The molecule has 1 aliphatic carbocycles. The van der Waals surface area contributed by atoms with E-state index in [4.69, 9.17) is 4.52 Å². The molecule has 0 aliphatic heterocycles. The Morgan fingerprint density at radius 1 is 1.24 bits per heavy atom. The van der Waals surface area contributed by atoms with Gasteiger partial charge >= 0.3 is 0 Å². The van der Waals surface area contributed by atoms with Gasteiger partial charge in [-0.25, -0.2) is 4.68 Å². The van der Waals surface area contributed by atoms with Crippen LogP contribution in [0.4, 0.5) is 0 Å². The zero-order chi connectivity index (χ0) is 17.2. The molecule has 4 rings (SSSR count). The maximum absolute atomic E-state index is 12.3. The predicted molar refractivity (Wildman–Crippen MR) is 89.3 cm³/mol. The van der Waals surface area contributed by atoms with Gasteiger partial charge in [0.25, 0.3) is 11.5 Å². The molecule has 3 aromatic rings. The largest absolute Gasteiger partial charge is 0.360 e. The molecule has 0 bridgehead atoms. The van der Waals surface area contributed by atoms with Gasteiger partial charge in [-0.2, -0.15) is 0 Å². The minimum Gasteiger partial charge on any atom is -0.360 e. The molecule has 2 heterocycles. The smallest absolute Gasteiger partial charge is 0.277 e. The van der Waals surface area contributed by atoms with Gasteiger partial charge in [-0.05, 0) is 31.4 Å². The lowest BCUT2D eigenvalue weighted by Crippen LogP contribution is -2.33.